The van der Waals surface area contributed by atoms with Gasteiger partial charge in [0, 0.05) is 29.2 Å². The second kappa shape index (κ2) is 8.33. The zero-order chi connectivity index (χ0) is 21.1. The van der Waals surface area contributed by atoms with Crippen LogP contribution in [0.5, 0.6) is 0 Å². The lowest BCUT2D eigenvalue weighted by molar-refractivity contribution is 0.0997. The summed E-state index contributed by atoms with van der Waals surface area (Å²) in [6.45, 7) is 0.620. The van der Waals surface area contributed by atoms with Gasteiger partial charge >= 0.3 is 0 Å². The molecule has 1 aliphatic rings. The molecule has 1 aromatic heterocycles. The maximum atomic E-state index is 12.5. The van der Waals surface area contributed by atoms with Crippen LogP contribution in [0.2, 0.25) is 5.02 Å². The summed E-state index contributed by atoms with van der Waals surface area (Å²) in [4.78, 5) is 16.7. The predicted molar refractivity (Wildman–Crippen MR) is 115 cm³/mol. The van der Waals surface area contributed by atoms with Gasteiger partial charge in [0.15, 0.2) is 5.76 Å². The van der Waals surface area contributed by atoms with Gasteiger partial charge in [-0.05, 0) is 61.0 Å². The van der Waals surface area contributed by atoms with E-state index in [9.17, 15) is 13.2 Å². The molecule has 2 N–H and O–H groups in total. The molecule has 3 aromatic rings. The number of carbonyl (C=O) groups is 1. The number of halogens is 1. The van der Waals surface area contributed by atoms with E-state index in [1.807, 2.05) is 0 Å². The number of carbonyl (C=O) groups excluding carboxylic acids is 1. The topological polar surface area (TPSA) is 101 Å². The summed E-state index contributed by atoms with van der Waals surface area (Å²) in [5, 5.41) is 3.27. The van der Waals surface area contributed by atoms with Crippen molar-refractivity contribution in [2.45, 2.75) is 17.7 Å². The Morgan fingerprint density at radius 1 is 1.07 bits per heavy atom. The predicted octanol–water partition coefficient (Wildman–Crippen LogP) is 4.32. The van der Waals surface area contributed by atoms with Crippen LogP contribution in [0, 0.1) is 0 Å². The van der Waals surface area contributed by atoms with Crippen molar-refractivity contribution < 1.29 is 17.6 Å². The van der Waals surface area contributed by atoms with Crippen molar-refractivity contribution in [1.82, 2.24) is 4.72 Å². The Kier molecular flexibility index (Phi) is 5.61. The first-order valence-corrected chi connectivity index (χ1v) is 11.1. The number of nitrogens with one attached hydrogen (secondary N) is 2. The molecule has 4 rings (SSSR count). The molecule has 2 heterocycles. The molecule has 1 aliphatic heterocycles. The van der Waals surface area contributed by atoms with Crippen molar-refractivity contribution >= 4 is 39.1 Å². The first-order chi connectivity index (χ1) is 14.4. The summed E-state index contributed by atoms with van der Waals surface area (Å²) < 4.78 is 33.2. The van der Waals surface area contributed by atoms with Crippen LogP contribution in [-0.4, -0.2) is 26.7 Å². The minimum Gasteiger partial charge on any atom is -0.451 e. The normalized spacial score (nSPS) is 13.7. The molecule has 0 spiro atoms. The maximum Gasteiger partial charge on any atom is 0.291 e. The third kappa shape index (κ3) is 4.55. The Morgan fingerprint density at radius 2 is 1.87 bits per heavy atom. The lowest BCUT2D eigenvalue weighted by atomic mass is 10.2. The first-order valence-electron chi connectivity index (χ1n) is 9.24. The molecule has 1 amide bonds. The number of hydrogen-bond acceptors (Lipinski definition) is 5. The molecule has 0 saturated carbocycles. The number of hydrogen-bond donors (Lipinski definition) is 2. The fourth-order valence-corrected chi connectivity index (χ4v) is 4.26. The molecule has 0 fully saturated rings. The molecule has 7 nitrogen and oxygen atoms in total. The summed E-state index contributed by atoms with van der Waals surface area (Å²) in [5.74, 6) is 0.592. The van der Waals surface area contributed by atoms with Crippen LogP contribution in [0.3, 0.4) is 0 Å². The SMILES string of the molecule is O=C(Nc1cccc(S(=O)(=O)NC2=NCCC2)c1)c1ccc(-c2ccc(Cl)cc2)o1. The minimum atomic E-state index is -3.77. The van der Waals surface area contributed by atoms with Gasteiger partial charge in [0.1, 0.15) is 11.6 Å². The Labute approximate surface area is 178 Å². The molecule has 0 atom stereocenters. The van der Waals surface area contributed by atoms with E-state index in [0.29, 0.717) is 35.3 Å². The minimum absolute atomic E-state index is 0.0381. The fraction of sp³-hybridized carbons (Fsp3) is 0.143. The average Bonchev–Trinajstić information content (AvgIpc) is 3.41. The van der Waals surface area contributed by atoms with E-state index in [1.165, 1.54) is 12.1 Å². The molecule has 30 heavy (non-hydrogen) atoms. The van der Waals surface area contributed by atoms with Crippen LogP contribution in [0.15, 0.2) is 75.0 Å². The molecular weight excluding hydrogens is 426 g/mol. The highest BCUT2D eigenvalue weighted by Crippen LogP contribution is 2.24. The van der Waals surface area contributed by atoms with Crippen LogP contribution in [0.1, 0.15) is 23.4 Å². The van der Waals surface area contributed by atoms with Gasteiger partial charge in [0.2, 0.25) is 0 Å². The third-order valence-corrected chi connectivity index (χ3v) is 6.12. The van der Waals surface area contributed by atoms with Crippen molar-refractivity contribution in [1.29, 1.82) is 0 Å². The second-order valence-corrected chi connectivity index (χ2v) is 8.81. The lowest BCUT2D eigenvalue weighted by Gasteiger charge is -2.09. The van der Waals surface area contributed by atoms with Crippen LogP contribution in [0.25, 0.3) is 11.3 Å². The molecule has 0 aliphatic carbocycles. The van der Waals surface area contributed by atoms with E-state index in [1.54, 1.807) is 48.5 Å². The van der Waals surface area contributed by atoms with Gasteiger partial charge in [-0.25, -0.2) is 8.42 Å². The average molecular weight is 444 g/mol. The summed E-state index contributed by atoms with van der Waals surface area (Å²) in [7, 11) is -3.77. The van der Waals surface area contributed by atoms with Crippen molar-refractivity contribution in [3.05, 3.63) is 71.4 Å². The number of anilines is 1. The number of amides is 1. The number of amidine groups is 1. The molecule has 9 heteroatoms. The summed E-state index contributed by atoms with van der Waals surface area (Å²) in [6, 6.07) is 16.3. The van der Waals surface area contributed by atoms with Crippen molar-refractivity contribution in [2.75, 3.05) is 11.9 Å². The highest BCUT2D eigenvalue weighted by atomic mass is 35.5. The fourth-order valence-electron chi connectivity index (χ4n) is 3.00. The van der Waals surface area contributed by atoms with Gasteiger partial charge in [0.25, 0.3) is 15.9 Å². The largest absolute Gasteiger partial charge is 0.451 e. The maximum absolute atomic E-state index is 12.5. The van der Waals surface area contributed by atoms with E-state index >= 15 is 0 Å². The van der Waals surface area contributed by atoms with E-state index in [0.717, 1.165) is 12.0 Å². The molecule has 154 valence electrons. The molecule has 2 aromatic carbocycles. The highest BCUT2D eigenvalue weighted by Gasteiger charge is 2.19. The molecule has 0 radical (unpaired) electrons. The van der Waals surface area contributed by atoms with Gasteiger partial charge in [-0.2, -0.15) is 0 Å². The Hall–Kier alpha value is -3.10. The van der Waals surface area contributed by atoms with Crippen molar-refractivity contribution in [3.63, 3.8) is 0 Å². The Bertz CT molecular complexity index is 1220. The number of rotatable bonds is 5. The van der Waals surface area contributed by atoms with E-state index in [-0.39, 0.29) is 10.7 Å². The number of furan rings is 1. The number of benzene rings is 2. The van der Waals surface area contributed by atoms with E-state index in [4.69, 9.17) is 16.0 Å². The third-order valence-electron chi connectivity index (χ3n) is 4.49. The summed E-state index contributed by atoms with van der Waals surface area (Å²) in [6.07, 6.45) is 1.43. The van der Waals surface area contributed by atoms with Crippen LogP contribution >= 0.6 is 11.6 Å². The quantitative estimate of drug-likeness (QED) is 0.613. The number of nitrogens with zero attached hydrogens (tertiary/aromatic N) is 1. The van der Waals surface area contributed by atoms with Gasteiger partial charge in [-0.3, -0.25) is 14.5 Å². The smallest absolute Gasteiger partial charge is 0.291 e. The highest BCUT2D eigenvalue weighted by molar-refractivity contribution is 7.90. The molecule has 0 unspecified atom stereocenters. The summed E-state index contributed by atoms with van der Waals surface area (Å²) in [5.41, 5.74) is 1.12. The molecule has 0 saturated heterocycles. The number of aliphatic imine (C=N–C) groups is 1. The van der Waals surface area contributed by atoms with E-state index in [2.05, 4.69) is 15.0 Å². The van der Waals surface area contributed by atoms with E-state index < -0.39 is 15.9 Å². The molecular formula is C21H18ClN3O4S. The standard InChI is InChI=1S/C21H18ClN3O4S/c22-15-8-6-14(7-9-15)18-10-11-19(29-18)21(26)24-16-3-1-4-17(13-16)30(27,28)25-20-5-2-12-23-20/h1,3-4,6-11,13H,2,5,12H2,(H,23,25)(H,24,26). The van der Waals surface area contributed by atoms with Crippen molar-refractivity contribution in [2.24, 2.45) is 4.99 Å². The molecule has 0 bridgehead atoms. The van der Waals surface area contributed by atoms with Crippen LogP contribution in [0.4, 0.5) is 5.69 Å². The Morgan fingerprint density at radius 3 is 2.60 bits per heavy atom. The zero-order valence-corrected chi connectivity index (χ0v) is 17.3. The Balaban J connectivity index is 1.49. The van der Waals surface area contributed by atoms with Crippen molar-refractivity contribution in [3.8, 4) is 11.3 Å². The van der Waals surface area contributed by atoms with Gasteiger partial charge in [-0.15, -0.1) is 0 Å². The zero-order valence-electron chi connectivity index (χ0n) is 15.8. The monoisotopic (exact) mass is 443 g/mol. The first kappa shape index (κ1) is 20.2. The van der Waals surface area contributed by atoms with Gasteiger partial charge in [-0.1, -0.05) is 17.7 Å². The lowest BCUT2D eigenvalue weighted by Crippen LogP contribution is -2.29. The second-order valence-electron chi connectivity index (χ2n) is 6.69. The number of sulfonamides is 1. The van der Waals surface area contributed by atoms with Crippen LogP contribution in [-0.2, 0) is 10.0 Å². The van der Waals surface area contributed by atoms with Gasteiger partial charge in [0.05, 0.1) is 4.90 Å². The van der Waals surface area contributed by atoms with Crippen LogP contribution < -0.4 is 10.0 Å². The van der Waals surface area contributed by atoms with Gasteiger partial charge < -0.3 is 9.73 Å². The summed E-state index contributed by atoms with van der Waals surface area (Å²) >= 11 is 5.89.